The number of amides is 5. The Labute approximate surface area is 211 Å². The number of hydrogen-bond donors (Lipinski definition) is 4. The molecule has 1 aromatic carbocycles. The van der Waals surface area contributed by atoms with Crippen LogP contribution in [-0.4, -0.2) is 87.5 Å². The first-order valence-electron chi connectivity index (χ1n) is 11.4. The lowest BCUT2D eigenvalue weighted by Crippen LogP contribution is -2.54. The van der Waals surface area contributed by atoms with Crippen molar-refractivity contribution in [2.75, 3.05) is 37.4 Å². The Hall–Kier alpha value is -3.78. The van der Waals surface area contributed by atoms with Crippen molar-refractivity contribution in [1.82, 2.24) is 30.5 Å². The quantitative estimate of drug-likeness (QED) is 0.175. The highest BCUT2D eigenvalue weighted by Crippen LogP contribution is 2.32. The van der Waals surface area contributed by atoms with Crippen molar-refractivity contribution in [2.45, 2.75) is 25.4 Å². The summed E-state index contributed by atoms with van der Waals surface area (Å²) in [7, 11) is 0. The third kappa shape index (κ3) is 5.39. The number of fused-ring (bicyclic) bond motifs is 1. The van der Waals surface area contributed by atoms with Gasteiger partial charge in [-0.05, 0) is 18.6 Å². The topological polar surface area (TPSA) is 165 Å². The van der Waals surface area contributed by atoms with Crippen LogP contribution < -0.4 is 16.0 Å². The lowest BCUT2D eigenvalue weighted by molar-refractivity contribution is -0.136. The molecule has 0 radical (unpaired) electrons. The Morgan fingerprint density at radius 1 is 1.17 bits per heavy atom. The van der Waals surface area contributed by atoms with E-state index in [0.717, 1.165) is 4.90 Å². The number of carbonyl (C=O) groups is 5. The predicted octanol–water partition coefficient (Wildman–Crippen LogP) is -0.532. The lowest BCUT2D eigenvalue weighted by atomic mass is 10.0. The Kier molecular flexibility index (Phi) is 7.95. The van der Waals surface area contributed by atoms with Crippen molar-refractivity contribution < 1.29 is 28.7 Å². The molecule has 0 bridgehead atoms. The fraction of sp³-hybridized carbons (Fsp3) is 0.409. The molecule has 0 aliphatic carbocycles. The predicted molar refractivity (Wildman–Crippen MR) is 129 cm³/mol. The molecule has 36 heavy (non-hydrogen) atoms. The van der Waals surface area contributed by atoms with E-state index < -0.39 is 29.7 Å². The minimum absolute atomic E-state index is 0.0609. The molecule has 1 fully saturated rings. The molecular formula is C22H25N7O6S. The zero-order chi connectivity index (χ0) is 25.7. The molecule has 1 unspecified atom stereocenters. The third-order valence-electron chi connectivity index (χ3n) is 5.66. The molecule has 2 aliphatic rings. The van der Waals surface area contributed by atoms with Crippen LogP contribution >= 0.6 is 12.6 Å². The van der Waals surface area contributed by atoms with Crippen LogP contribution in [0.4, 0.5) is 5.69 Å². The lowest BCUT2D eigenvalue weighted by Gasteiger charge is -2.27. The Bertz CT molecular complexity index is 1200. The zero-order valence-electron chi connectivity index (χ0n) is 19.2. The summed E-state index contributed by atoms with van der Waals surface area (Å²) in [5.41, 5.74) is 1.06. The highest BCUT2D eigenvalue weighted by Gasteiger charge is 2.45. The molecule has 1 aromatic heterocycles. The number of nitrogens with one attached hydrogen (secondary N) is 3. The van der Waals surface area contributed by atoms with Crippen molar-refractivity contribution in [3.8, 4) is 0 Å². The summed E-state index contributed by atoms with van der Waals surface area (Å²) < 4.78 is 7.09. The maximum absolute atomic E-state index is 13.1. The molecule has 5 amide bonds. The van der Waals surface area contributed by atoms with Crippen LogP contribution in [0.15, 0.2) is 24.4 Å². The second kappa shape index (κ2) is 11.3. The minimum Gasteiger partial charge on any atom is -0.382 e. The standard InChI is InChI=1S/C22H25N7O6S/c30-17-5-4-16(20(32)25-17)29-21(33)13-2-1-3-14(18(13)22(29)34)23-6-9-35-10-8-28-12-15(26-27-28)19(31)24-7-11-36/h1-3,12,16,23,36H,4-11H2,(H,24,31)(H,25,30,32). The average molecular weight is 516 g/mol. The van der Waals surface area contributed by atoms with E-state index in [1.807, 2.05) is 0 Å². The molecule has 0 spiro atoms. The second-order valence-electron chi connectivity index (χ2n) is 8.06. The summed E-state index contributed by atoms with van der Waals surface area (Å²) in [5, 5.41) is 15.7. The number of hydrogen-bond acceptors (Lipinski definition) is 10. The molecular weight excluding hydrogens is 490 g/mol. The van der Waals surface area contributed by atoms with Crippen LogP contribution in [-0.2, 0) is 20.9 Å². The summed E-state index contributed by atoms with van der Waals surface area (Å²) in [6.07, 6.45) is 1.69. The number of rotatable bonds is 11. The van der Waals surface area contributed by atoms with Gasteiger partial charge in [-0.25, -0.2) is 4.68 Å². The van der Waals surface area contributed by atoms with Crippen molar-refractivity contribution in [2.24, 2.45) is 0 Å². The number of ether oxygens (including phenoxy) is 1. The highest BCUT2D eigenvalue weighted by molar-refractivity contribution is 7.80. The maximum atomic E-state index is 13.1. The molecule has 190 valence electrons. The van der Waals surface area contributed by atoms with E-state index in [9.17, 15) is 24.0 Å². The van der Waals surface area contributed by atoms with Crippen LogP contribution in [0.1, 0.15) is 44.0 Å². The van der Waals surface area contributed by atoms with E-state index in [4.69, 9.17) is 4.74 Å². The van der Waals surface area contributed by atoms with E-state index in [2.05, 4.69) is 38.9 Å². The first kappa shape index (κ1) is 25.3. The number of benzene rings is 1. The number of thiol groups is 1. The molecule has 3 N–H and O–H groups in total. The number of piperidine rings is 1. The van der Waals surface area contributed by atoms with Gasteiger partial charge in [0.15, 0.2) is 5.69 Å². The number of imide groups is 2. The number of nitrogens with zero attached hydrogens (tertiary/aromatic N) is 4. The molecule has 13 nitrogen and oxygen atoms in total. The Balaban J connectivity index is 1.27. The van der Waals surface area contributed by atoms with E-state index in [0.29, 0.717) is 44.3 Å². The van der Waals surface area contributed by atoms with Gasteiger partial charge in [-0.2, -0.15) is 12.6 Å². The molecule has 2 aliphatic heterocycles. The first-order chi connectivity index (χ1) is 17.4. The van der Waals surface area contributed by atoms with Gasteiger partial charge in [-0.15, -0.1) is 5.10 Å². The summed E-state index contributed by atoms with van der Waals surface area (Å²) in [6, 6.07) is 3.84. The fourth-order valence-electron chi connectivity index (χ4n) is 3.95. The molecule has 14 heteroatoms. The summed E-state index contributed by atoms with van der Waals surface area (Å²) >= 11 is 4.03. The van der Waals surface area contributed by atoms with Crippen LogP contribution in [0, 0.1) is 0 Å². The highest BCUT2D eigenvalue weighted by atomic mass is 32.1. The van der Waals surface area contributed by atoms with Crippen molar-refractivity contribution >= 4 is 47.9 Å². The van der Waals surface area contributed by atoms with Gasteiger partial charge in [-0.1, -0.05) is 11.3 Å². The Morgan fingerprint density at radius 2 is 2.00 bits per heavy atom. The summed E-state index contributed by atoms with van der Waals surface area (Å²) in [5.74, 6) is -2.00. The first-order valence-corrected chi connectivity index (χ1v) is 12.0. The number of aromatic nitrogens is 3. The van der Waals surface area contributed by atoms with Crippen LogP contribution in [0.5, 0.6) is 0 Å². The summed E-state index contributed by atoms with van der Waals surface area (Å²) in [4.78, 5) is 62.4. The smallest absolute Gasteiger partial charge is 0.273 e. The zero-order valence-corrected chi connectivity index (χ0v) is 20.1. The summed E-state index contributed by atoms with van der Waals surface area (Å²) in [6.45, 7) is 1.79. The van der Waals surface area contributed by atoms with Crippen molar-refractivity contribution in [1.29, 1.82) is 0 Å². The largest absolute Gasteiger partial charge is 0.382 e. The van der Waals surface area contributed by atoms with E-state index in [1.165, 1.54) is 16.9 Å². The third-order valence-corrected chi connectivity index (χ3v) is 5.89. The molecule has 3 heterocycles. The molecule has 1 atom stereocenters. The van der Waals surface area contributed by atoms with Gasteiger partial charge in [-0.3, -0.25) is 34.2 Å². The van der Waals surface area contributed by atoms with Gasteiger partial charge >= 0.3 is 0 Å². The van der Waals surface area contributed by atoms with Crippen molar-refractivity contribution in [3.63, 3.8) is 0 Å². The van der Waals surface area contributed by atoms with E-state index in [-0.39, 0.29) is 35.6 Å². The normalized spacial score (nSPS) is 17.2. The van der Waals surface area contributed by atoms with Crippen LogP contribution in [0.25, 0.3) is 0 Å². The SMILES string of the molecule is O=C1CCC(N2C(=O)c3cccc(NCCOCCn4cc(C(=O)NCCS)nn4)c3C2=O)C(=O)N1. The van der Waals surface area contributed by atoms with Gasteiger partial charge in [0, 0.05) is 31.0 Å². The van der Waals surface area contributed by atoms with Gasteiger partial charge in [0.25, 0.3) is 17.7 Å². The van der Waals surface area contributed by atoms with Crippen LogP contribution in [0.3, 0.4) is 0 Å². The molecule has 2 aromatic rings. The Morgan fingerprint density at radius 3 is 2.78 bits per heavy atom. The van der Waals surface area contributed by atoms with Crippen LogP contribution in [0.2, 0.25) is 0 Å². The molecule has 4 rings (SSSR count). The molecule has 1 saturated heterocycles. The van der Waals surface area contributed by atoms with Gasteiger partial charge in [0.05, 0.1) is 37.1 Å². The second-order valence-corrected chi connectivity index (χ2v) is 8.51. The molecule has 0 saturated carbocycles. The van der Waals surface area contributed by atoms with Crippen molar-refractivity contribution in [3.05, 3.63) is 41.2 Å². The van der Waals surface area contributed by atoms with Gasteiger partial charge in [0.1, 0.15) is 6.04 Å². The van der Waals surface area contributed by atoms with Gasteiger partial charge in [0.2, 0.25) is 11.8 Å². The maximum Gasteiger partial charge on any atom is 0.273 e. The van der Waals surface area contributed by atoms with E-state index >= 15 is 0 Å². The number of carbonyl (C=O) groups excluding carboxylic acids is 5. The van der Waals surface area contributed by atoms with E-state index in [1.54, 1.807) is 12.1 Å². The average Bonchev–Trinajstić information content (AvgIpc) is 3.43. The number of anilines is 1. The fourth-order valence-corrected chi connectivity index (χ4v) is 4.06. The monoisotopic (exact) mass is 515 g/mol. The minimum atomic E-state index is -1.02. The van der Waals surface area contributed by atoms with Gasteiger partial charge < -0.3 is 15.4 Å².